The smallest absolute Gasteiger partial charge is 0.344 e. The van der Waals surface area contributed by atoms with E-state index in [4.69, 9.17) is 9.47 Å². The number of esters is 1. The van der Waals surface area contributed by atoms with Crippen LogP contribution in [0.4, 0.5) is 0 Å². The highest BCUT2D eigenvalue weighted by molar-refractivity contribution is 9.10. The molecule has 0 heterocycles. The van der Waals surface area contributed by atoms with Crippen LogP contribution in [-0.2, 0) is 0 Å². The van der Waals surface area contributed by atoms with Gasteiger partial charge in [-0.15, -0.1) is 0 Å². The molecule has 3 aromatic carbocycles. The number of rotatable bonds is 6. The van der Waals surface area contributed by atoms with E-state index >= 15 is 0 Å². The van der Waals surface area contributed by atoms with Crippen molar-refractivity contribution in [3.8, 4) is 11.5 Å². The van der Waals surface area contributed by atoms with Gasteiger partial charge in [0.25, 0.3) is 5.91 Å². The fourth-order valence-corrected chi connectivity index (χ4v) is 3.07. The average molecular weight is 467 g/mol. The van der Waals surface area contributed by atoms with Gasteiger partial charge in [0.1, 0.15) is 11.5 Å². The van der Waals surface area contributed by atoms with Gasteiger partial charge in [-0.3, -0.25) is 4.79 Å². The molecule has 6 nitrogen and oxygen atoms in total. The number of carbonyl (C=O) groups is 2. The molecule has 7 heteroatoms. The number of hydrazone groups is 1. The number of nitrogens with zero attached hydrogens (tertiary/aromatic N) is 1. The zero-order chi connectivity index (χ0) is 21.5. The Kier molecular flexibility index (Phi) is 6.98. The van der Waals surface area contributed by atoms with Crippen molar-refractivity contribution in [1.29, 1.82) is 0 Å². The summed E-state index contributed by atoms with van der Waals surface area (Å²) < 4.78 is 11.3. The Morgan fingerprint density at radius 2 is 1.73 bits per heavy atom. The van der Waals surface area contributed by atoms with E-state index in [1.807, 2.05) is 19.1 Å². The van der Waals surface area contributed by atoms with E-state index < -0.39 is 5.97 Å². The van der Waals surface area contributed by atoms with Crippen LogP contribution < -0.4 is 14.9 Å². The maximum absolute atomic E-state index is 12.3. The summed E-state index contributed by atoms with van der Waals surface area (Å²) in [5.74, 6) is 0.0607. The van der Waals surface area contributed by atoms with Gasteiger partial charge in [0.2, 0.25) is 0 Å². The number of nitrogens with one attached hydrogen (secondary N) is 1. The van der Waals surface area contributed by atoms with E-state index in [0.717, 1.165) is 11.1 Å². The molecule has 0 saturated carbocycles. The highest BCUT2D eigenvalue weighted by Gasteiger charge is 2.12. The number of halogens is 1. The number of hydrogen-bond donors (Lipinski definition) is 1. The third kappa shape index (κ3) is 5.33. The summed E-state index contributed by atoms with van der Waals surface area (Å²) in [5, 5.41) is 3.97. The van der Waals surface area contributed by atoms with Crippen molar-refractivity contribution in [2.75, 3.05) is 7.11 Å². The van der Waals surface area contributed by atoms with E-state index in [0.29, 0.717) is 27.1 Å². The molecule has 0 fully saturated rings. The van der Waals surface area contributed by atoms with Crippen LogP contribution in [0.3, 0.4) is 0 Å². The molecule has 0 spiro atoms. The van der Waals surface area contributed by atoms with E-state index in [9.17, 15) is 9.59 Å². The van der Waals surface area contributed by atoms with Gasteiger partial charge < -0.3 is 9.47 Å². The predicted octanol–water partition coefficient (Wildman–Crippen LogP) is 4.75. The van der Waals surface area contributed by atoms with E-state index in [-0.39, 0.29) is 5.91 Å². The molecular weight excluding hydrogens is 448 g/mol. The largest absolute Gasteiger partial charge is 0.496 e. The lowest BCUT2D eigenvalue weighted by molar-refractivity contribution is 0.0733. The van der Waals surface area contributed by atoms with Gasteiger partial charge in [0, 0.05) is 4.47 Å². The number of aryl methyl sites for hydroxylation is 1. The first-order chi connectivity index (χ1) is 14.5. The Labute approximate surface area is 182 Å². The van der Waals surface area contributed by atoms with Gasteiger partial charge >= 0.3 is 5.97 Å². The van der Waals surface area contributed by atoms with Crippen LogP contribution in [0.25, 0.3) is 0 Å². The topological polar surface area (TPSA) is 77.0 Å². The molecule has 0 aromatic heterocycles. The summed E-state index contributed by atoms with van der Waals surface area (Å²) >= 11 is 3.33. The second-order valence-corrected chi connectivity index (χ2v) is 7.20. The first kappa shape index (κ1) is 21.3. The second kappa shape index (κ2) is 9.84. The summed E-state index contributed by atoms with van der Waals surface area (Å²) in [5.41, 5.74) is 5.04. The first-order valence-electron chi connectivity index (χ1n) is 9.03. The Balaban J connectivity index is 1.60. The molecule has 0 saturated heterocycles. The monoisotopic (exact) mass is 466 g/mol. The fraction of sp³-hybridized carbons (Fsp3) is 0.0870. The summed E-state index contributed by atoms with van der Waals surface area (Å²) in [4.78, 5) is 24.5. The number of benzene rings is 3. The van der Waals surface area contributed by atoms with Crippen LogP contribution in [-0.4, -0.2) is 25.2 Å². The van der Waals surface area contributed by atoms with Crippen LogP contribution in [0, 0.1) is 6.92 Å². The number of amides is 1. The highest BCUT2D eigenvalue weighted by atomic mass is 79.9. The van der Waals surface area contributed by atoms with Crippen molar-refractivity contribution in [3.63, 3.8) is 0 Å². The van der Waals surface area contributed by atoms with Crippen molar-refractivity contribution in [2.24, 2.45) is 5.10 Å². The molecule has 152 valence electrons. The van der Waals surface area contributed by atoms with Crippen LogP contribution in [0.2, 0.25) is 0 Å². The van der Waals surface area contributed by atoms with Crippen molar-refractivity contribution in [1.82, 2.24) is 5.43 Å². The molecular formula is C23H19BrN2O4. The van der Waals surface area contributed by atoms with Crippen LogP contribution in [0.1, 0.15) is 31.8 Å². The van der Waals surface area contributed by atoms with Gasteiger partial charge in [-0.2, -0.15) is 5.10 Å². The Morgan fingerprint density at radius 1 is 1.00 bits per heavy atom. The minimum absolute atomic E-state index is 0.373. The average Bonchev–Trinajstić information content (AvgIpc) is 2.75. The van der Waals surface area contributed by atoms with Gasteiger partial charge in [0.15, 0.2) is 0 Å². The van der Waals surface area contributed by atoms with Crippen molar-refractivity contribution >= 4 is 34.0 Å². The van der Waals surface area contributed by atoms with Crippen LogP contribution >= 0.6 is 15.9 Å². The number of hydrogen-bond acceptors (Lipinski definition) is 5. The predicted molar refractivity (Wildman–Crippen MR) is 118 cm³/mol. The lowest BCUT2D eigenvalue weighted by Crippen LogP contribution is -2.18. The molecule has 30 heavy (non-hydrogen) atoms. The molecule has 1 N–H and O–H groups in total. The summed E-state index contributed by atoms with van der Waals surface area (Å²) in [7, 11) is 1.51. The SMILES string of the molecule is COc1cc(C)ccc1C(=O)N/N=C\c1ccc(OC(=O)c2ccccc2Br)cc1. The molecule has 1 amide bonds. The van der Waals surface area contributed by atoms with Gasteiger partial charge in [-0.25, -0.2) is 10.2 Å². The van der Waals surface area contributed by atoms with E-state index in [1.54, 1.807) is 54.6 Å². The standard InChI is InChI=1S/C23H19BrN2O4/c1-15-7-12-19(21(13-15)29-2)22(27)26-25-14-16-8-10-17(11-9-16)30-23(28)18-5-3-4-6-20(18)24/h3-14H,1-2H3,(H,26,27)/b25-14-. The van der Waals surface area contributed by atoms with Crippen molar-refractivity contribution in [2.45, 2.75) is 6.92 Å². The third-order valence-corrected chi connectivity index (χ3v) is 4.86. The normalized spacial score (nSPS) is 10.6. The summed E-state index contributed by atoms with van der Waals surface area (Å²) in [6.07, 6.45) is 1.50. The number of carbonyl (C=O) groups excluding carboxylic acids is 2. The molecule has 0 aliphatic heterocycles. The molecule has 0 unspecified atom stereocenters. The first-order valence-corrected chi connectivity index (χ1v) is 9.82. The molecule has 3 aromatic rings. The molecule has 0 radical (unpaired) electrons. The Morgan fingerprint density at radius 3 is 2.43 bits per heavy atom. The van der Waals surface area contributed by atoms with Crippen LogP contribution in [0.5, 0.6) is 11.5 Å². The number of methoxy groups -OCH3 is 1. The minimum atomic E-state index is -0.455. The molecule has 0 bridgehead atoms. The fourth-order valence-electron chi connectivity index (χ4n) is 2.62. The maximum Gasteiger partial charge on any atom is 0.344 e. The third-order valence-electron chi connectivity index (χ3n) is 4.17. The highest BCUT2D eigenvalue weighted by Crippen LogP contribution is 2.20. The molecule has 0 aliphatic carbocycles. The summed E-state index contributed by atoms with van der Waals surface area (Å²) in [6.45, 7) is 1.92. The Hall–Kier alpha value is -3.45. The van der Waals surface area contributed by atoms with Gasteiger partial charge in [-0.05, 0) is 82.5 Å². The van der Waals surface area contributed by atoms with E-state index in [2.05, 4.69) is 26.5 Å². The summed E-state index contributed by atoms with van der Waals surface area (Å²) in [6, 6.07) is 19.1. The lowest BCUT2D eigenvalue weighted by atomic mass is 10.1. The van der Waals surface area contributed by atoms with Crippen molar-refractivity contribution in [3.05, 3.63) is 93.5 Å². The number of ether oxygens (including phenoxy) is 2. The zero-order valence-electron chi connectivity index (χ0n) is 16.4. The quantitative estimate of drug-likeness (QED) is 0.246. The van der Waals surface area contributed by atoms with Crippen LogP contribution in [0.15, 0.2) is 76.3 Å². The minimum Gasteiger partial charge on any atom is -0.496 e. The van der Waals surface area contributed by atoms with Gasteiger partial charge in [0.05, 0.1) is 24.5 Å². The van der Waals surface area contributed by atoms with E-state index in [1.165, 1.54) is 13.3 Å². The maximum atomic E-state index is 12.3. The van der Waals surface area contributed by atoms with Crippen molar-refractivity contribution < 1.29 is 19.1 Å². The zero-order valence-corrected chi connectivity index (χ0v) is 18.0. The lowest BCUT2D eigenvalue weighted by Gasteiger charge is -2.08. The molecule has 0 aliphatic rings. The Bertz CT molecular complexity index is 1090. The second-order valence-electron chi connectivity index (χ2n) is 6.34. The molecule has 3 rings (SSSR count). The van der Waals surface area contributed by atoms with Gasteiger partial charge in [-0.1, -0.05) is 18.2 Å². The molecule has 0 atom stereocenters.